The molecule has 0 aromatic carbocycles. The van der Waals surface area contributed by atoms with Gasteiger partial charge in [0.2, 0.25) is 0 Å². The van der Waals surface area contributed by atoms with E-state index in [4.69, 9.17) is 15.8 Å². The van der Waals surface area contributed by atoms with E-state index in [2.05, 4.69) is 4.90 Å². The third-order valence-electron chi connectivity index (χ3n) is 3.37. The van der Waals surface area contributed by atoms with Crippen LogP contribution in [-0.2, 0) is 14.3 Å². The summed E-state index contributed by atoms with van der Waals surface area (Å²) in [7, 11) is -3.27. The Balaban J connectivity index is 2.05. The topological polar surface area (TPSA) is 46.6 Å². The first-order valence-corrected chi connectivity index (χ1v) is 8.99. The Labute approximate surface area is 116 Å². The summed E-state index contributed by atoms with van der Waals surface area (Å²) in [5.74, 6) is 1.46. The third kappa shape index (κ3) is 7.56. The van der Waals surface area contributed by atoms with Gasteiger partial charge in [0.05, 0.1) is 12.9 Å². The van der Waals surface area contributed by atoms with Gasteiger partial charge < -0.3 is 4.90 Å². The van der Waals surface area contributed by atoms with Crippen LogP contribution in [0.25, 0.3) is 0 Å². The van der Waals surface area contributed by atoms with Gasteiger partial charge in [-0.05, 0) is 57.7 Å². The van der Waals surface area contributed by atoms with Crippen molar-refractivity contribution >= 4 is 21.7 Å². The van der Waals surface area contributed by atoms with Crippen molar-refractivity contribution in [3.8, 4) is 0 Å². The zero-order valence-electron chi connectivity index (χ0n) is 11.1. The van der Waals surface area contributed by atoms with E-state index >= 15 is 0 Å². The number of nitrogens with zero attached hydrogens (tertiary/aromatic N) is 1. The van der Waals surface area contributed by atoms with E-state index in [9.17, 15) is 8.42 Å². The van der Waals surface area contributed by atoms with Crippen molar-refractivity contribution in [2.75, 3.05) is 38.4 Å². The van der Waals surface area contributed by atoms with Crippen LogP contribution < -0.4 is 0 Å². The van der Waals surface area contributed by atoms with Crippen LogP contribution in [0.5, 0.6) is 0 Å². The summed E-state index contributed by atoms with van der Waals surface area (Å²) in [5.41, 5.74) is 0. The second-order valence-electron chi connectivity index (χ2n) is 5.00. The first kappa shape index (κ1) is 16.2. The van der Waals surface area contributed by atoms with E-state index in [0.29, 0.717) is 6.61 Å². The molecule has 4 nitrogen and oxygen atoms in total. The second kappa shape index (κ2) is 8.35. The lowest BCUT2D eigenvalue weighted by Gasteiger charge is -2.31. The Hall–Kier alpha value is 0.160. The van der Waals surface area contributed by atoms with Crippen LogP contribution in [0.4, 0.5) is 0 Å². The maximum absolute atomic E-state index is 10.8. The summed E-state index contributed by atoms with van der Waals surface area (Å²) in [4.78, 5) is 2.46. The molecule has 1 saturated heterocycles. The number of piperidine rings is 1. The maximum Gasteiger partial charge on any atom is 0.264 e. The molecule has 0 N–H and O–H groups in total. The Morgan fingerprint density at radius 1 is 1.28 bits per heavy atom. The fraction of sp³-hybridized carbons (Fsp3) is 1.00. The average molecular weight is 298 g/mol. The lowest BCUT2D eigenvalue weighted by molar-refractivity contribution is 0.173. The molecule has 0 aromatic rings. The van der Waals surface area contributed by atoms with Crippen molar-refractivity contribution in [2.45, 2.75) is 32.1 Å². The normalized spacial score (nSPS) is 19.2. The van der Waals surface area contributed by atoms with Crippen molar-refractivity contribution in [3.05, 3.63) is 0 Å². The standard InChI is InChI=1S/C12H24ClNO3S/c1-18(15,16)17-11-2-4-12-5-9-14(10-6-12)8-3-7-13/h12H,2-11H2,1H3. The van der Waals surface area contributed by atoms with Crippen molar-refractivity contribution in [1.29, 1.82) is 0 Å². The highest BCUT2D eigenvalue weighted by atomic mass is 35.5. The Morgan fingerprint density at radius 2 is 1.94 bits per heavy atom. The minimum atomic E-state index is -3.27. The minimum Gasteiger partial charge on any atom is -0.303 e. The zero-order valence-corrected chi connectivity index (χ0v) is 12.7. The summed E-state index contributed by atoms with van der Waals surface area (Å²) in [6.07, 6.45) is 6.48. The molecule has 1 aliphatic rings. The first-order valence-electron chi connectivity index (χ1n) is 6.64. The van der Waals surface area contributed by atoms with Gasteiger partial charge in [-0.2, -0.15) is 8.42 Å². The Bertz CT molecular complexity index is 313. The van der Waals surface area contributed by atoms with Gasteiger partial charge in [0.15, 0.2) is 0 Å². The molecular formula is C12H24ClNO3S. The molecule has 0 spiro atoms. The van der Waals surface area contributed by atoms with Gasteiger partial charge in [-0.1, -0.05) is 0 Å². The number of hydrogen-bond acceptors (Lipinski definition) is 4. The summed E-state index contributed by atoms with van der Waals surface area (Å²) in [6, 6.07) is 0. The van der Waals surface area contributed by atoms with Crippen LogP contribution >= 0.6 is 11.6 Å². The highest BCUT2D eigenvalue weighted by Crippen LogP contribution is 2.22. The SMILES string of the molecule is CS(=O)(=O)OCCCC1CCN(CCCCl)CC1. The van der Waals surface area contributed by atoms with E-state index in [0.717, 1.165) is 57.0 Å². The fourth-order valence-corrected chi connectivity index (χ4v) is 2.90. The van der Waals surface area contributed by atoms with Crippen LogP contribution in [0, 0.1) is 5.92 Å². The van der Waals surface area contributed by atoms with Crippen LogP contribution in [-0.4, -0.2) is 51.7 Å². The van der Waals surface area contributed by atoms with Crippen molar-refractivity contribution in [1.82, 2.24) is 4.90 Å². The molecule has 0 unspecified atom stereocenters. The van der Waals surface area contributed by atoms with Crippen LogP contribution in [0.2, 0.25) is 0 Å². The smallest absolute Gasteiger partial charge is 0.264 e. The van der Waals surface area contributed by atoms with E-state index in [1.54, 1.807) is 0 Å². The molecular weight excluding hydrogens is 274 g/mol. The second-order valence-corrected chi connectivity index (χ2v) is 7.02. The maximum atomic E-state index is 10.8. The highest BCUT2D eigenvalue weighted by Gasteiger charge is 2.18. The molecule has 0 aromatic heterocycles. The lowest BCUT2D eigenvalue weighted by Crippen LogP contribution is -2.34. The van der Waals surface area contributed by atoms with E-state index in [1.807, 2.05) is 0 Å². The lowest BCUT2D eigenvalue weighted by atomic mass is 9.92. The Kier molecular flexibility index (Phi) is 7.53. The first-order chi connectivity index (χ1) is 8.51. The van der Waals surface area contributed by atoms with Gasteiger partial charge in [-0.3, -0.25) is 4.18 Å². The summed E-state index contributed by atoms with van der Waals surface area (Å²) in [6.45, 7) is 3.72. The van der Waals surface area contributed by atoms with Gasteiger partial charge in [0.1, 0.15) is 0 Å². The third-order valence-corrected chi connectivity index (χ3v) is 4.23. The number of halogens is 1. The van der Waals surface area contributed by atoms with Crippen LogP contribution in [0.3, 0.4) is 0 Å². The quantitative estimate of drug-likeness (QED) is 0.391. The molecule has 1 aliphatic heterocycles. The highest BCUT2D eigenvalue weighted by molar-refractivity contribution is 7.85. The molecule has 18 heavy (non-hydrogen) atoms. The van der Waals surface area contributed by atoms with Crippen molar-refractivity contribution in [2.24, 2.45) is 5.92 Å². The van der Waals surface area contributed by atoms with E-state index in [1.165, 1.54) is 12.8 Å². The number of hydrogen-bond donors (Lipinski definition) is 0. The molecule has 1 heterocycles. The van der Waals surface area contributed by atoms with Crippen LogP contribution in [0.1, 0.15) is 32.1 Å². The molecule has 0 atom stereocenters. The molecule has 0 aliphatic carbocycles. The summed E-state index contributed by atoms with van der Waals surface area (Å²) < 4.78 is 26.3. The number of rotatable bonds is 8. The largest absolute Gasteiger partial charge is 0.303 e. The summed E-state index contributed by atoms with van der Waals surface area (Å²) >= 11 is 5.68. The van der Waals surface area contributed by atoms with Crippen molar-refractivity contribution < 1.29 is 12.6 Å². The van der Waals surface area contributed by atoms with Gasteiger partial charge in [0, 0.05) is 5.88 Å². The molecule has 6 heteroatoms. The van der Waals surface area contributed by atoms with Gasteiger partial charge in [-0.15, -0.1) is 11.6 Å². The van der Waals surface area contributed by atoms with Gasteiger partial charge in [-0.25, -0.2) is 0 Å². The molecule has 108 valence electrons. The predicted octanol–water partition coefficient (Wildman–Crippen LogP) is 2.08. The van der Waals surface area contributed by atoms with E-state index < -0.39 is 10.1 Å². The van der Waals surface area contributed by atoms with E-state index in [-0.39, 0.29) is 0 Å². The molecule has 1 rings (SSSR count). The van der Waals surface area contributed by atoms with Crippen molar-refractivity contribution in [3.63, 3.8) is 0 Å². The zero-order chi connectivity index (χ0) is 13.4. The molecule has 0 bridgehead atoms. The van der Waals surface area contributed by atoms with Gasteiger partial charge in [0.25, 0.3) is 10.1 Å². The number of alkyl halides is 1. The number of likely N-dealkylation sites (tertiary alicyclic amines) is 1. The molecule has 0 amide bonds. The average Bonchev–Trinajstić information content (AvgIpc) is 2.32. The van der Waals surface area contributed by atoms with Crippen LogP contribution in [0.15, 0.2) is 0 Å². The predicted molar refractivity (Wildman–Crippen MR) is 74.5 cm³/mol. The molecule has 0 radical (unpaired) electrons. The molecule has 1 fully saturated rings. The fourth-order valence-electron chi connectivity index (χ4n) is 2.36. The Morgan fingerprint density at radius 3 is 2.50 bits per heavy atom. The minimum absolute atomic E-state index is 0.325. The van der Waals surface area contributed by atoms with Gasteiger partial charge >= 0.3 is 0 Å². The monoisotopic (exact) mass is 297 g/mol. The molecule has 0 saturated carbocycles. The summed E-state index contributed by atoms with van der Waals surface area (Å²) in [5, 5.41) is 0.